The van der Waals surface area contributed by atoms with Gasteiger partial charge in [0.1, 0.15) is 34.7 Å². The standard InChI is InChI=1S/C24H18F2N2O4S/c25-18-5-9-20(10-6-18)28-24(29)23(14-32-21-11-7-19(26)8-12-21)22(13-27-28)17-3-1-16(2-4-17)15-33(30)31/h1-13,33H,14-15H2. The lowest BCUT2D eigenvalue weighted by molar-refractivity contribution is 0.303. The van der Waals surface area contributed by atoms with Crippen molar-refractivity contribution in [3.63, 3.8) is 0 Å². The predicted molar refractivity (Wildman–Crippen MR) is 120 cm³/mol. The van der Waals surface area contributed by atoms with Gasteiger partial charge in [0.05, 0.1) is 23.2 Å². The third-order valence-electron chi connectivity index (χ3n) is 4.92. The molecular weight excluding hydrogens is 450 g/mol. The third kappa shape index (κ3) is 5.32. The largest absolute Gasteiger partial charge is 0.489 e. The summed E-state index contributed by atoms with van der Waals surface area (Å²) in [5, 5.41) is 4.23. The highest BCUT2D eigenvalue weighted by Crippen LogP contribution is 2.24. The molecule has 0 aliphatic carbocycles. The topological polar surface area (TPSA) is 78.3 Å². The fraction of sp³-hybridized carbons (Fsp3) is 0.0833. The molecule has 6 nitrogen and oxygen atoms in total. The molecule has 0 bridgehead atoms. The highest BCUT2D eigenvalue weighted by atomic mass is 32.2. The minimum atomic E-state index is -2.56. The molecule has 33 heavy (non-hydrogen) atoms. The molecule has 0 N–H and O–H groups in total. The van der Waals surface area contributed by atoms with Gasteiger partial charge < -0.3 is 4.74 Å². The van der Waals surface area contributed by atoms with Gasteiger partial charge in [-0.1, -0.05) is 24.3 Å². The Morgan fingerprint density at radius 1 is 0.848 bits per heavy atom. The minimum Gasteiger partial charge on any atom is -0.489 e. The van der Waals surface area contributed by atoms with E-state index in [2.05, 4.69) is 5.10 Å². The number of thiol groups is 1. The monoisotopic (exact) mass is 468 g/mol. The van der Waals surface area contributed by atoms with Crippen LogP contribution < -0.4 is 10.3 Å². The van der Waals surface area contributed by atoms with Gasteiger partial charge in [0, 0.05) is 5.56 Å². The van der Waals surface area contributed by atoms with Crippen LogP contribution in [0.4, 0.5) is 8.78 Å². The second-order valence-corrected chi connectivity index (χ2v) is 8.14. The molecule has 0 radical (unpaired) electrons. The molecule has 9 heteroatoms. The lowest BCUT2D eigenvalue weighted by Crippen LogP contribution is -2.26. The Labute approximate surface area is 189 Å². The van der Waals surface area contributed by atoms with Crippen LogP contribution in [-0.4, -0.2) is 18.2 Å². The zero-order valence-electron chi connectivity index (χ0n) is 17.2. The van der Waals surface area contributed by atoms with E-state index in [-0.39, 0.29) is 17.9 Å². The minimum absolute atomic E-state index is 0.0828. The van der Waals surface area contributed by atoms with Gasteiger partial charge in [0.2, 0.25) is 0 Å². The Morgan fingerprint density at radius 2 is 1.45 bits per heavy atom. The Balaban J connectivity index is 1.76. The normalized spacial score (nSPS) is 11.0. The van der Waals surface area contributed by atoms with Crippen LogP contribution in [0, 0.1) is 11.6 Å². The molecular formula is C24H18F2N2O4S. The summed E-state index contributed by atoms with van der Waals surface area (Å²) in [5.74, 6) is -0.559. The first kappa shape index (κ1) is 22.3. The van der Waals surface area contributed by atoms with E-state index < -0.39 is 27.9 Å². The quantitative estimate of drug-likeness (QED) is 0.417. The van der Waals surface area contributed by atoms with E-state index in [4.69, 9.17) is 4.74 Å². The average molecular weight is 468 g/mol. The molecule has 0 atom stereocenters. The van der Waals surface area contributed by atoms with Crippen molar-refractivity contribution in [2.75, 3.05) is 0 Å². The highest BCUT2D eigenvalue weighted by molar-refractivity contribution is 7.71. The number of hydrogen-bond donors (Lipinski definition) is 1. The summed E-state index contributed by atoms with van der Waals surface area (Å²) in [6.07, 6.45) is 1.50. The van der Waals surface area contributed by atoms with Gasteiger partial charge in [-0.15, -0.1) is 0 Å². The molecule has 4 rings (SSSR count). The van der Waals surface area contributed by atoms with E-state index in [0.717, 1.165) is 4.68 Å². The zero-order chi connectivity index (χ0) is 23.4. The van der Waals surface area contributed by atoms with Gasteiger partial charge in [-0.3, -0.25) is 4.79 Å². The van der Waals surface area contributed by atoms with Crippen molar-refractivity contribution in [1.29, 1.82) is 0 Å². The molecule has 0 amide bonds. The summed E-state index contributed by atoms with van der Waals surface area (Å²) in [6.45, 7) is -0.127. The van der Waals surface area contributed by atoms with E-state index >= 15 is 0 Å². The van der Waals surface area contributed by atoms with Gasteiger partial charge in [-0.25, -0.2) is 17.2 Å². The number of rotatable bonds is 7. The summed E-state index contributed by atoms with van der Waals surface area (Å²) in [6, 6.07) is 17.5. The number of hydrogen-bond acceptors (Lipinski definition) is 5. The predicted octanol–water partition coefficient (Wildman–Crippen LogP) is 3.87. The summed E-state index contributed by atoms with van der Waals surface area (Å²) in [4.78, 5) is 13.3. The third-order valence-corrected chi connectivity index (χ3v) is 5.55. The molecule has 0 fully saturated rings. The smallest absolute Gasteiger partial charge is 0.278 e. The molecule has 4 aromatic rings. The molecule has 0 saturated heterocycles. The maximum absolute atomic E-state index is 13.3. The average Bonchev–Trinajstić information content (AvgIpc) is 2.80. The SMILES string of the molecule is O=c1c(COc2ccc(F)cc2)c(-c2ccc(C[SH](=O)=O)cc2)cnn1-c1ccc(F)cc1. The number of benzene rings is 3. The Bertz CT molecular complexity index is 1390. The maximum Gasteiger partial charge on any atom is 0.278 e. The van der Waals surface area contributed by atoms with E-state index in [1.807, 2.05) is 0 Å². The molecule has 1 aromatic heterocycles. The maximum atomic E-state index is 13.3. The Kier molecular flexibility index (Phi) is 6.60. The van der Waals surface area contributed by atoms with Gasteiger partial charge in [-0.05, 0) is 59.7 Å². The lowest BCUT2D eigenvalue weighted by Gasteiger charge is -2.14. The van der Waals surface area contributed by atoms with Crippen molar-refractivity contribution in [3.05, 3.63) is 112 Å². The van der Waals surface area contributed by atoms with Crippen LogP contribution in [0.5, 0.6) is 5.75 Å². The van der Waals surface area contributed by atoms with Crippen LogP contribution in [0.15, 0.2) is 83.8 Å². The van der Waals surface area contributed by atoms with E-state index in [0.29, 0.717) is 28.1 Å². The molecule has 0 saturated carbocycles. The van der Waals surface area contributed by atoms with Gasteiger partial charge in [0.25, 0.3) is 5.56 Å². The molecule has 0 aliphatic rings. The summed E-state index contributed by atoms with van der Waals surface area (Å²) >= 11 is 0. The van der Waals surface area contributed by atoms with Crippen LogP contribution in [0.2, 0.25) is 0 Å². The van der Waals surface area contributed by atoms with Crippen LogP contribution >= 0.6 is 0 Å². The fourth-order valence-electron chi connectivity index (χ4n) is 3.27. The van der Waals surface area contributed by atoms with Crippen LogP contribution in [-0.2, 0) is 23.1 Å². The van der Waals surface area contributed by atoms with Crippen molar-refractivity contribution in [1.82, 2.24) is 9.78 Å². The number of halogens is 2. The first-order valence-electron chi connectivity index (χ1n) is 9.87. The van der Waals surface area contributed by atoms with Crippen molar-refractivity contribution in [2.24, 2.45) is 0 Å². The molecule has 0 unspecified atom stereocenters. The van der Waals surface area contributed by atoms with Gasteiger partial charge in [-0.2, -0.15) is 9.78 Å². The van der Waals surface area contributed by atoms with E-state index in [1.165, 1.54) is 54.7 Å². The van der Waals surface area contributed by atoms with E-state index in [1.54, 1.807) is 24.3 Å². The number of nitrogens with zero attached hydrogens (tertiary/aromatic N) is 2. The second-order valence-electron chi connectivity index (χ2n) is 7.16. The van der Waals surface area contributed by atoms with Crippen molar-refractivity contribution < 1.29 is 21.9 Å². The first-order chi connectivity index (χ1) is 15.9. The molecule has 0 spiro atoms. The lowest BCUT2D eigenvalue weighted by atomic mass is 10.0. The van der Waals surface area contributed by atoms with Gasteiger partial charge >= 0.3 is 0 Å². The van der Waals surface area contributed by atoms with Crippen LogP contribution in [0.3, 0.4) is 0 Å². The molecule has 3 aromatic carbocycles. The summed E-state index contributed by atoms with van der Waals surface area (Å²) < 4.78 is 55.3. The first-order valence-corrected chi connectivity index (χ1v) is 11.2. The van der Waals surface area contributed by atoms with E-state index in [9.17, 15) is 22.0 Å². The fourth-order valence-corrected chi connectivity index (χ4v) is 3.78. The Hall–Kier alpha value is -3.85. The molecule has 168 valence electrons. The second kappa shape index (κ2) is 9.74. The number of aromatic nitrogens is 2. The van der Waals surface area contributed by atoms with Crippen molar-refractivity contribution >= 4 is 10.7 Å². The summed E-state index contributed by atoms with van der Waals surface area (Å²) in [5.41, 5.74) is 1.96. The van der Waals surface area contributed by atoms with Gasteiger partial charge in [0.15, 0.2) is 0 Å². The van der Waals surface area contributed by atoms with Crippen LogP contribution in [0.25, 0.3) is 16.8 Å². The van der Waals surface area contributed by atoms with Crippen molar-refractivity contribution in [3.8, 4) is 22.6 Å². The molecule has 0 aliphatic heterocycles. The van der Waals surface area contributed by atoms with Crippen LogP contribution in [0.1, 0.15) is 11.1 Å². The molecule has 1 heterocycles. The highest BCUT2D eigenvalue weighted by Gasteiger charge is 2.15. The summed E-state index contributed by atoms with van der Waals surface area (Å²) in [7, 11) is -2.56. The zero-order valence-corrected chi connectivity index (χ0v) is 18.0. The van der Waals surface area contributed by atoms with Crippen molar-refractivity contribution in [2.45, 2.75) is 12.4 Å². The number of ether oxygens (including phenoxy) is 1. The Morgan fingerprint density at radius 3 is 2.06 bits per heavy atom.